The monoisotopic (exact) mass is 254 g/mol. The van der Waals surface area contributed by atoms with E-state index in [2.05, 4.69) is 17.2 Å². The van der Waals surface area contributed by atoms with Crippen LogP contribution in [0.1, 0.15) is 37.2 Å². The van der Waals surface area contributed by atoms with Crippen molar-refractivity contribution in [3.8, 4) is 0 Å². The van der Waals surface area contributed by atoms with E-state index in [-0.39, 0.29) is 18.1 Å². The fourth-order valence-electron chi connectivity index (χ4n) is 1.52. The summed E-state index contributed by atoms with van der Waals surface area (Å²) in [6, 6.07) is 0. The summed E-state index contributed by atoms with van der Waals surface area (Å²) < 4.78 is 1.25. The van der Waals surface area contributed by atoms with Gasteiger partial charge in [-0.25, -0.2) is 9.48 Å². The number of likely N-dealkylation sites (N-methyl/N-ethyl adjacent to an activating group) is 1. The molecular formula is C11H18N4O3. The summed E-state index contributed by atoms with van der Waals surface area (Å²) in [5, 5.41) is 15.8. The van der Waals surface area contributed by atoms with Crippen LogP contribution in [0.4, 0.5) is 0 Å². The molecule has 1 aromatic rings. The second-order valence-electron chi connectivity index (χ2n) is 3.93. The van der Waals surface area contributed by atoms with Crippen molar-refractivity contribution in [2.24, 2.45) is 0 Å². The van der Waals surface area contributed by atoms with Crippen LogP contribution in [-0.2, 0) is 11.3 Å². The highest BCUT2D eigenvalue weighted by molar-refractivity contribution is 5.84. The fraction of sp³-hybridized carbons (Fsp3) is 0.636. The lowest BCUT2D eigenvalue weighted by Gasteiger charge is -2.20. The van der Waals surface area contributed by atoms with Gasteiger partial charge in [0.1, 0.15) is 6.54 Å². The van der Waals surface area contributed by atoms with Crippen molar-refractivity contribution in [2.75, 3.05) is 13.1 Å². The van der Waals surface area contributed by atoms with Gasteiger partial charge in [-0.15, -0.1) is 5.10 Å². The standard InChI is InChI=1S/C11H18N4O3/c1-3-5-6-14(4-2)10(16)8-15-7-9(11(17)18)12-13-15/h7H,3-6,8H2,1-2H3,(H,17,18). The van der Waals surface area contributed by atoms with Gasteiger partial charge in [-0.3, -0.25) is 4.79 Å². The number of carbonyl (C=O) groups excluding carboxylic acids is 1. The van der Waals surface area contributed by atoms with Crippen molar-refractivity contribution in [2.45, 2.75) is 33.2 Å². The number of aromatic carboxylic acids is 1. The SMILES string of the molecule is CCCCN(CC)C(=O)Cn1cc(C(=O)O)nn1. The molecule has 7 heteroatoms. The van der Waals surface area contributed by atoms with Crippen LogP contribution in [0.5, 0.6) is 0 Å². The first-order valence-corrected chi connectivity index (χ1v) is 5.99. The molecule has 0 unspecified atom stereocenters. The minimum atomic E-state index is -1.15. The summed E-state index contributed by atoms with van der Waals surface area (Å²) in [4.78, 5) is 24.3. The Labute approximate surface area is 105 Å². The Morgan fingerprint density at radius 1 is 1.44 bits per heavy atom. The number of nitrogens with zero attached hydrogens (tertiary/aromatic N) is 4. The Morgan fingerprint density at radius 3 is 2.67 bits per heavy atom. The van der Waals surface area contributed by atoms with Gasteiger partial charge in [-0.05, 0) is 13.3 Å². The molecule has 0 fully saturated rings. The summed E-state index contributed by atoms with van der Waals surface area (Å²) in [6.45, 7) is 5.36. The fourth-order valence-corrected chi connectivity index (χ4v) is 1.52. The molecule has 0 saturated heterocycles. The maximum absolute atomic E-state index is 11.9. The first-order chi connectivity index (χ1) is 8.58. The number of unbranched alkanes of at least 4 members (excludes halogenated alkanes) is 1. The van der Waals surface area contributed by atoms with E-state index in [0.717, 1.165) is 12.8 Å². The number of carbonyl (C=O) groups is 2. The number of carboxylic acid groups (broad SMARTS) is 1. The molecule has 0 aliphatic heterocycles. The van der Waals surface area contributed by atoms with Crippen LogP contribution in [0.15, 0.2) is 6.20 Å². The topological polar surface area (TPSA) is 88.3 Å². The highest BCUT2D eigenvalue weighted by Gasteiger charge is 2.14. The summed E-state index contributed by atoms with van der Waals surface area (Å²) in [5.74, 6) is -1.22. The predicted molar refractivity (Wildman–Crippen MR) is 64.1 cm³/mol. The van der Waals surface area contributed by atoms with Crippen molar-refractivity contribution in [1.82, 2.24) is 19.9 Å². The molecule has 0 aliphatic carbocycles. The molecule has 1 N–H and O–H groups in total. The van der Waals surface area contributed by atoms with Crippen molar-refractivity contribution < 1.29 is 14.7 Å². The van der Waals surface area contributed by atoms with Crippen LogP contribution in [0.25, 0.3) is 0 Å². The molecular weight excluding hydrogens is 236 g/mol. The Bertz CT molecular complexity index is 416. The third kappa shape index (κ3) is 3.83. The zero-order valence-corrected chi connectivity index (χ0v) is 10.7. The summed E-state index contributed by atoms with van der Waals surface area (Å²) in [6.07, 6.45) is 3.24. The highest BCUT2D eigenvalue weighted by Crippen LogP contribution is 1.99. The third-order valence-electron chi connectivity index (χ3n) is 2.57. The van der Waals surface area contributed by atoms with Crippen LogP contribution in [0, 0.1) is 0 Å². The number of hydrogen-bond acceptors (Lipinski definition) is 4. The van der Waals surface area contributed by atoms with Gasteiger partial charge in [-0.1, -0.05) is 18.6 Å². The van der Waals surface area contributed by atoms with Gasteiger partial charge >= 0.3 is 5.97 Å². The Balaban J connectivity index is 2.58. The van der Waals surface area contributed by atoms with E-state index in [0.29, 0.717) is 13.1 Å². The second-order valence-corrected chi connectivity index (χ2v) is 3.93. The lowest BCUT2D eigenvalue weighted by Crippen LogP contribution is -2.34. The van der Waals surface area contributed by atoms with Gasteiger partial charge in [0.05, 0.1) is 6.20 Å². The molecule has 0 aromatic carbocycles. The van der Waals surface area contributed by atoms with E-state index < -0.39 is 5.97 Å². The molecule has 0 bridgehead atoms. The average Bonchev–Trinajstić information content (AvgIpc) is 2.78. The van der Waals surface area contributed by atoms with Crippen molar-refractivity contribution >= 4 is 11.9 Å². The average molecular weight is 254 g/mol. The Hall–Kier alpha value is -1.92. The van der Waals surface area contributed by atoms with E-state index in [1.54, 1.807) is 4.90 Å². The normalized spacial score (nSPS) is 10.3. The number of amides is 1. The lowest BCUT2D eigenvalue weighted by molar-refractivity contribution is -0.131. The highest BCUT2D eigenvalue weighted by atomic mass is 16.4. The lowest BCUT2D eigenvalue weighted by atomic mass is 10.3. The number of hydrogen-bond donors (Lipinski definition) is 1. The van der Waals surface area contributed by atoms with E-state index in [1.807, 2.05) is 6.92 Å². The van der Waals surface area contributed by atoms with Crippen molar-refractivity contribution in [3.63, 3.8) is 0 Å². The van der Waals surface area contributed by atoms with Crippen LogP contribution < -0.4 is 0 Å². The van der Waals surface area contributed by atoms with E-state index in [4.69, 9.17) is 5.11 Å². The number of rotatable bonds is 7. The van der Waals surface area contributed by atoms with Gasteiger partial charge in [-0.2, -0.15) is 0 Å². The molecule has 1 rings (SSSR count). The molecule has 0 aliphatic rings. The molecule has 0 radical (unpaired) electrons. The number of carboxylic acids is 1. The molecule has 0 atom stereocenters. The molecule has 1 heterocycles. The predicted octanol–water partition coefficient (Wildman–Crippen LogP) is 0.625. The zero-order valence-electron chi connectivity index (χ0n) is 10.7. The molecule has 1 amide bonds. The van der Waals surface area contributed by atoms with Gasteiger partial charge in [0.25, 0.3) is 0 Å². The van der Waals surface area contributed by atoms with Gasteiger partial charge in [0.2, 0.25) is 5.91 Å². The van der Waals surface area contributed by atoms with Crippen LogP contribution in [0.2, 0.25) is 0 Å². The first kappa shape index (κ1) is 14.1. The van der Waals surface area contributed by atoms with E-state index >= 15 is 0 Å². The quantitative estimate of drug-likeness (QED) is 0.770. The minimum Gasteiger partial charge on any atom is -0.476 e. The molecule has 0 saturated carbocycles. The number of aromatic nitrogens is 3. The Morgan fingerprint density at radius 2 is 2.17 bits per heavy atom. The van der Waals surface area contributed by atoms with Crippen LogP contribution in [-0.4, -0.2) is 50.0 Å². The third-order valence-corrected chi connectivity index (χ3v) is 2.57. The summed E-state index contributed by atoms with van der Waals surface area (Å²) in [5.41, 5.74) is -0.153. The maximum atomic E-state index is 11.9. The van der Waals surface area contributed by atoms with Crippen LogP contribution in [0.3, 0.4) is 0 Å². The van der Waals surface area contributed by atoms with Gasteiger partial charge in [0.15, 0.2) is 5.69 Å². The minimum absolute atomic E-state index is 0.0256. The Kier molecular flexibility index (Phi) is 5.29. The van der Waals surface area contributed by atoms with E-state index in [1.165, 1.54) is 10.9 Å². The van der Waals surface area contributed by atoms with Crippen molar-refractivity contribution in [3.05, 3.63) is 11.9 Å². The largest absolute Gasteiger partial charge is 0.476 e. The van der Waals surface area contributed by atoms with E-state index in [9.17, 15) is 9.59 Å². The van der Waals surface area contributed by atoms with Crippen LogP contribution >= 0.6 is 0 Å². The first-order valence-electron chi connectivity index (χ1n) is 5.99. The smallest absolute Gasteiger partial charge is 0.358 e. The van der Waals surface area contributed by atoms with Gasteiger partial charge < -0.3 is 10.0 Å². The summed E-state index contributed by atoms with van der Waals surface area (Å²) in [7, 11) is 0. The molecule has 7 nitrogen and oxygen atoms in total. The molecule has 0 spiro atoms. The molecule has 1 aromatic heterocycles. The maximum Gasteiger partial charge on any atom is 0.358 e. The summed E-state index contributed by atoms with van der Waals surface area (Å²) >= 11 is 0. The second kappa shape index (κ2) is 6.73. The molecule has 18 heavy (non-hydrogen) atoms. The van der Waals surface area contributed by atoms with Crippen molar-refractivity contribution in [1.29, 1.82) is 0 Å². The zero-order chi connectivity index (χ0) is 13.5. The molecule has 100 valence electrons. The van der Waals surface area contributed by atoms with Gasteiger partial charge in [0, 0.05) is 13.1 Å².